The lowest BCUT2D eigenvalue weighted by Gasteiger charge is -2.10. The Morgan fingerprint density at radius 1 is 1.09 bits per heavy atom. The van der Waals surface area contributed by atoms with Crippen molar-refractivity contribution in [2.24, 2.45) is 0 Å². The highest BCUT2D eigenvalue weighted by atomic mass is 35.5. The Labute approximate surface area is 202 Å². The fourth-order valence-electron chi connectivity index (χ4n) is 3.35. The van der Waals surface area contributed by atoms with Crippen LogP contribution >= 0.6 is 35.0 Å². The van der Waals surface area contributed by atoms with E-state index in [9.17, 15) is 4.79 Å². The Kier molecular flexibility index (Phi) is 5.92. The molecule has 0 saturated carbocycles. The monoisotopic (exact) mass is 497 g/mol. The molecule has 0 bridgehead atoms. The van der Waals surface area contributed by atoms with Crippen molar-refractivity contribution in [2.75, 3.05) is 11.1 Å². The highest BCUT2D eigenvalue weighted by Crippen LogP contribution is 2.29. The van der Waals surface area contributed by atoms with Crippen LogP contribution in [0.4, 0.5) is 11.5 Å². The van der Waals surface area contributed by atoms with Crippen molar-refractivity contribution in [3.05, 3.63) is 81.0 Å². The molecule has 5 aromatic rings. The topological polar surface area (TPSA) is 90.0 Å². The second-order valence-electron chi connectivity index (χ2n) is 7.25. The van der Waals surface area contributed by atoms with Gasteiger partial charge < -0.3 is 5.32 Å². The molecule has 166 valence electrons. The zero-order valence-electron chi connectivity index (χ0n) is 17.4. The molecule has 0 aliphatic heterocycles. The molecule has 11 heteroatoms. The van der Waals surface area contributed by atoms with Crippen LogP contribution in [0, 0.1) is 6.92 Å². The van der Waals surface area contributed by atoms with Crippen molar-refractivity contribution in [2.45, 2.75) is 18.6 Å². The molecule has 0 radical (unpaired) electrons. The molecule has 8 nitrogen and oxygen atoms in total. The summed E-state index contributed by atoms with van der Waals surface area (Å²) in [5.41, 5.74) is 2.11. The van der Waals surface area contributed by atoms with Crippen LogP contribution in [0.2, 0.25) is 10.0 Å². The minimum atomic E-state index is -0.0622. The molecule has 0 fully saturated rings. The number of aromatic nitrogens is 6. The molecule has 2 aromatic carbocycles. The van der Waals surface area contributed by atoms with Gasteiger partial charge in [0.15, 0.2) is 0 Å². The van der Waals surface area contributed by atoms with Crippen LogP contribution in [-0.4, -0.2) is 34.9 Å². The first-order valence-corrected chi connectivity index (χ1v) is 11.8. The summed E-state index contributed by atoms with van der Waals surface area (Å²) < 4.78 is 3.23. The summed E-state index contributed by atoms with van der Waals surface area (Å²) in [5, 5.41) is 10.1. The highest BCUT2D eigenvalue weighted by Gasteiger charge is 2.12. The van der Waals surface area contributed by atoms with E-state index in [4.69, 9.17) is 23.2 Å². The predicted octanol–water partition coefficient (Wildman–Crippen LogP) is 4.99. The number of nitrogens with one attached hydrogen (secondary N) is 1. The fraction of sp³-hybridized carbons (Fsp3) is 0.136. The number of rotatable bonds is 6. The van der Waals surface area contributed by atoms with E-state index in [0.717, 1.165) is 5.69 Å². The number of fused-ring (bicyclic) bond motifs is 2. The Bertz CT molecular complexity index is 1550. The standard InChI is InChI=1S/C22H17Cl2N7OS/c1-13-10-19(27-18-7-6-14(23)11-16(18)24)31-21(26-13)28-22(29-31)33-9-8-30-12-25-17-5-3-2-4-15(17)20(30)32/h2-7,10-12,27H,8-9H2,1H3. The quantitative estimate of drug-likeness (QED) is 0.330. The molecule has 0 saturated heterocycles. The van der Waals surface area contributed by atoms with Crippen LogP contribution < -0.4 is 10.9 Å². The first-order chi connectivity index (χ1) is 16.0. The fourth-order valence-corrected chi connectivity index (χ4v) is 4.56. The third kappa shape index (κ3) is 4.52. The van der Waals surface area contributed by atoms with E-state index in [1.807, 2.05) is 31.2 Å². The first kappa shape index (κ1) is 21.7. The van der Waals surface area contributed by atoms with E-state index in [1.54, 1.807) is 39.7 Å². The molecule has 0 amide bonds. The van der Waals surface area contributed by atoms with E-state index < -0.39 is 0 Å². The third-order valence-corrected chi connectivity index (χ3v) is 6.28. The van der Waals surface area contributed by atoms with E-state index in [2.05, 4.69) is 25.4 Å². The van der Waals surface area contributed by atoms with Crippen molar-refractivity contribution in [3.8, 4) is 0 Å². The maximum Gasteiger partial charge on any atom is 0.261 e. The minimum absolute atomic E-state index is 0.0622. The van der Waals surface area contributed by atoms with Gasteiger partial charge in [-0.2, -0.15) is 9.50 Å². The van der Waals surface area contributed by atoms with Gasteiger partial charge in [-0.3, -0.25) is 9.36 Å². The summed E-state index contributed by atoms with van der Waals surface area (Å²) in [6.45, 7) is 2.37. The van der Waals surface area contributed by atoms with Gasteiger partial charge in [0.2, 0.25) is 5.16 Å². The van der Waals surface area contributed by atoms with E-state index in [1.165, 1.54) is 11.8 Å². The van der Waals surface area contributed by atoms with Crippen LogP contribution in [0.25, 0.3) is 16.7 Å². The summed E-state index contributed by atoms with van der Waals surface area (Å²) in [7, 11) is 0. The molecule has 0 aliphatic rings. The molecule has 0 aliphatic carbocycles. The van der Waals surface area contributed by atoms with Gasteiger partial charge in [0.05, 0.1) is 27.9 Å². The minimum Gasteiger partial charge on any atom is -0.339 e. The number of aryl methyl sites for hydroxylation is 2. The van der Waals surface area contributed by atoms with Gasteiger partial charge >= 0.3 is 0 Å². The van der Waals surface area contributed by atoms with Crippen molar-refractivity contribution in [1.82, 2.24) is 29.1 Å². The largest absolute Gasteiger partial charge is 0.339 e. The normalized spacial score (nSPS) is 11.4. The maximum atomic E-state index is 12.7. The van der Waals surface area contributed by atoms with Crippen molar-refractivity contribution >= 4 is 63.1 Å². The number of hydrogen-bond donors (Lipinski definition) is 1. The maximum absolute atomic E-state index is 12.7. The lowest BCUT2D eigenvalue weighted by molar-refractivity contribution is 0.724. The van der Waals surface area contributed by atoms with Gasteiger partial charge in [-0.1, -0.05) is 47.1 Å². The molecule has 3 heterocycles. The molecule has 1 N–H and O–H groups in total. The van der Waals surface area contributed by atoms with Gasteiger partial charge in [0.1, 0.15) is 5.82 Å². The lowest BCUT2D eigenvalue weighted by Crippen LogP contribution is -2.21. The third-order valence-electron chi connectivity index (χ3n) is 4.91. The van der Waals surface area contributed by atoms with Crippen molar-refractivity contribution in [3.63, 3.8) is 0 Å². The molecule has 5 rings (SSSR count). The Balaban J connectivity index is 1.36. The first-order valence-electron chi connectivity index (χ1n) is 10.0. The Morgan fingerprint density at radius 2 is 1.94 bits per heavy atom. The van der Waals surface area contributed by atoms with Gasteiger partial charge in [-0.25, -0.2) is 9.97 Å². The number of para-hydroxylation sites is 1. The summed E-state index contributed by atoms with van der Waals surface area (Å²) >= 11 is 13.7. The zero-order chi connectivity index (χ0) is 22.9. The van der Waals surface area contributed by atoms with Gasteiger partial charge in [0, 0.05) is 29.1 Å². The highest BCUT2D eigenvalue weighted by molar-refractivity contribution is 7.99. The van der Waals surface area contributed by atoms with E-state index >= 15 is 0 Å². The number of thioether (sulfide) groups is 1. The average Bonchev–Trinajstić information content (AvgIpc) is 3.20. The number of anilines is 2. The number of benzene rings is 2. The number of halogens is 2. The van der Waals surface area contributed by atoms with E-state index in [-0.39, 0.29) is 5.56 Å². The molecular weight excluding hydrogens is 481 g/mol. The van der Waals surface area contributed by atoms with Crippen LogP contribution in [0.15, 0.2) is 64.8 Å². The van der Waals surface area contributed by atoms with Gasteiger partial charge in [-0.15, -0.1) is 5.10 Å². The molecule has 33 heavy (non-hydrogen) atoms. The predicted molar refractivity (Wildman–Crippen MR) is 132 cm³/mol. The molecule has 0 unspecified atom stereocenters. The lowest BCUT2D eigenvalue weighted by atomic mass is 10.2. The van der Waals surface area contributed by atoms with Crippen molar-refractivity contribution in [1.29, 1.82) is 0 Å². The van der Waals surface area contributed by atoms with Crippen molar-refractivity contribution < 1.29 is 0 Å². The molecule has 0 atom stereocenters. The van der Waals surface area contributed by atoms with Crippen LogP contribution in [0.3, 0.4) is 0 Å². The second kappa shape index (κ2) is 9.01. The van der Waals surface area contributed by atoms with Crippen LogP contribution in [-0.2, 0) is 6.54 Å². The molecule has 0 spiro atoms. The number of nitrogens with zero attached hydrogens (tertiary/aromatic N) is 6. The van der Waals surface area contributed by atoms with Crippen LogP contribution in [0.5, 0.6) is 0 Å². The SMILES string of the molecule is Cc1cc(Nc2ccc(Cl)cc2Cl)n2nc(SCCn3cnc4ccccc4c3=O)nc2n1. The summed E-state index contributed by atoms with van der Waals surface area (Å²) in [6, 6.07) is 14.4. The summed E-state index contributed by atoms with van der Waals surface area (Å²) in [4.78, 5) is 26.0. The average molecular weight is 498 g/mol. The van der Waals surface area contributed by atoms with E-state index in [0.29, 0.717) is 55.7 Å². The Hall–Kier alpha value is -3.14. The Morgan fingerprint density at radius 3 is 2.79 bits per heavy atom. The molecule has 3 aromatic heterocycles. The second-order valence-corrected chi connectivity index (χ2v) is 9.15. The number of hydrogen-bond acceptors (Lipinski definition) is 7. The summed E-state index contributed by atoms with van der Waals surface area (Å²) in [6.07, 6.45) is 1.57. The van der Waals surface area contributed by atoms with Gasteiger partial charge in [0.25, 0.3) is 11.3 Å². The molecular formula is C22H17Cl2N7OS. The smallest absolute Gasteiger partial charge is 0.261 e. The summed E-state index contributed by atoms with van der Waals surface area (Å²) in [5.74, 6) is 1.74. The van der Waals surface area contributed by atoms with Gasteiger partial charge in [-0.05, 0) is 37.3 Å². The van der Waals surface area contributed by atoms with Crippen LogP contribution in [0.1, 0.15) is 5.69 Å². The zero-order valence-corrected chi connectivity index (χ0v) is 19.7.